The Morgan fingerprint density at radius 3 is 2.33 bits per heavy atom. The molecule has 1 heterocycles. The maximum atomic E-state index is 12.4. The van der Waals surface area contributed by atoms with E-state index < -0.39 is 18.5 Å². The number of carbonyl (C=O) groups excluding carboxylic acids is 3. The van der Waals surface area contributed by atoms with Crippen LogP contribution in [-0.2, 0) is 14.3 Å². The largest absolute Gasteiger partial charge is 0.455 e. The molecule has 1 spiro atoms. The summed E-state index contributed by atoms with van der Waals surface area (Å²) in [5, 5.41) is 4.38. The van der Waals surface area contributed by atoms with Crippen molar-refractivity contribution in [1.82, 2.24) is 10.6 Å². The number of hydrogen-bond acceptors (Lipinski definition) is 6. The third-order valence-electron chi connectivity index (χ3n) is 5.28. The molecule has 3 rings (SSSR count). The van der Waals surface area contributed by atoms with Crippen LogP contribution in [0, 0.1) is 17.8 Å². The first kappa shape index (κ1) is 17.9. The molecular formula is C16H24N2O4S2. The molecule has 24 heavy (non-hydrogen) atoms. The molecule has 0 aromatic carbocycles. The maximum Gasteiger partial charge on any atom is 0.321 e. The molecule has 2 bridgehead atoms. The van der Waals surface area contributed by atoms with E-state index in [1.165, 1.54) is 37.8 Å². The van der Waals surface area contributed by atoms with Gasteiger partial charge in [0.25, 0.3) is 5.91 Å². The summed E-state index contributed by atoms with van der Waals surface area (Å²) in [6, 6.07) is -0.597. The second-order valence-corrected chi connectivity index (χ2v) is 9.65. The zero-order valence-electron chi connectivity index (χ0n) is 13.8. The molecule has 2 saturated carbocycles. The highest BCUT2D eigenvalue weighted by Crippen LogP contribution is 2.64. The second-order valence-electron chi connectivity index (χ2n) is 6.65. The number of imide groups is 1. The van der Waals surface area contributed by atoms with Crippen molar-refractivity contribution >= 4 is 41.4 Å². The molecule has 134 valence electrons. The summed E-state index contributed by atoms with van der Waals surface area (Å²) in [5.41, 5.74) is 0. The number of rotatable bonds is 3. The van der Waals surface area contributed by atoms with Gasteiger partial charge < -0.3 is 10.1 Å². The lowest BCUT2D eigenvalue weighted by Gasteiger charge is -2.51. The molecule has 8 heteroatoms. The lowest BCUT2D eigenvalue weighted by molar-refractivity contribution is -0.155. The Kier molecular flexibility index (Phi) is 5.64. The molecule has 3 aliphatic rings. The highest BCUT2D eigenvalue weighted by atomic mass is 32.2. The van der Waals surface area contributed by atoms with Crippen molar-refractivity contribution < 1.29 is 19.1 Å². The van der Waals surface area contributed by atoms with Crippen molar-refractivity contribution in [3.05, 3.63) is 0 Å². The Hall–Kier alpha value is -0.890. The van der Waals surface area contributed by atoms with Crippen LogP contribution in [0.1, 0.15) is 32.1 Å². The Labute approximate surface area is 150 Å². The van der Waals surface area contributed by atoms with Gasteiger partial charge in [0.05, 0.1) is 10.00 Å². The summed E-state index contributed by atoms with van der Waals surface area (Å²) >= 11 is 4.20. The van der Waals surface area contributed by atoms with E-state index in [4.69, 9.17) is 4.74 Å². The Morgan fingerprint density at radius 2 is 1.75 bits per heavy atom. The van der Waals surface area contributed by atoms with Crippen molar-refractivity contribution in [2.24, 2.45) is 17.8 Å². The number of urea groups is 1. The fourth-order valence-corrected chi connectivity index (χ4v) is 8.22. The van der Waals surface area contributed by atoms with Gasteiger partial charge >= 0.3 is 12.0 Å². The SMILES string of the molecule is CNC(=O)NC(=O)COC(=O)C1C[C@H]2CCC[C@@H](C1)C21SCCS1. The Bertz CT molecular complexity index is 506. The van der Waals surface area contributed by atoms with Crippen molar-refractivity contribution in [3.63, 3.8) is 0 Å². The van der Waals surface area contributed by atoms with E-state index in [1.807, 2.05) is 0 Å². The highest BCUT2D eigenvalue weighted by Gasteiger charge is 2.55. The molecule has 2 N–H and O–H groups in total. The minimum Gasteiger partial charge on any atom is -0.455 e. The van der Waals surface area contributed by atoms with Gasteiger partial charge in [0.15, 0.2) is 6.61 Å². The maximum absolute atomic E-state index is 12.4. The van der Waals surface area contributed by atoms with E-state index in [0.29, 0.717) is 15.9 Å². The van der Waals surface area contributed by atoms with E-state index in [9.17, 15) is 14.4 Å². The predicted molar refractivity (Wildman–Crippen MR) is 94.8 cm³/mol. The zero-order valence-corrected chi connectivity index (χ0v) is 15.5. The van der Waals surface area contributed by atoms with Crippen molar-refractivity contribution in [2.75, 3.05) is 25.2 Å². The average molecular weight is 373 g/mol. The van der Waals surface area contributed by atoms with Crippen LogP contribution < -0.4 is 10.6 Å². The van der Waals surface area contributed by atoms with E-state index >= 15 is 0 Å². The van der Waals surface area contributed by atoms with Gasteiger partial charge in [-0.25, -0.2) is 4.79 Å². The van der Waals surface area contributed by atoms with Crippen molar-refractivity contribution in [3.8, 4) is 0 Å². The van der Waals surface area contributed by atoms with Crippen LogP contribution in [0.3, 0.4) is 0 Å². The van der Waals surface area contributed by atoms with Gasteiger partial charge in [-0.1, -0.05) is 6.42 Å². The summed E-state index contributed by atoms with van der Waals surface area (Å²) in [7, 11) is 1.42. The first-order valence-electron chi connectivity index (χ1n) is 8.51. The highest BCUT2D eigenvalue weighted by molar-refractivity contribution is 8.21. The number of amides is 3. The monoisotopic (exact) mass is 372 g/mol. The first-order valence-corrected chi connectivity index (χ1v) is 10.5. The van der Waals surface area contributed by atoms with E-state index in [2.05, 4.69) is 34.2 Å². The van der Waals surface area contributed by atoms with Crippen LogP contribution in [0.2, 0.25) is 0 Å². The number of carbonyl (C=O) groups is 3. The van der Waals surface area contributed by atoms with E-state index in [1.54, 1.807) is 0 Å². The molecule has 1 saturated heterocycles. The minimum absolute atomic E-state index is 0.111. The summed E-state index contributed by atoms with van der Waals surface area (Å²) in [6.45, 7) is -0.396. The number of nitrogens with one attached hydrogen (secondary N) is 2. The van der Waals surface area contributed by atoms with Crippen LogP contribution in [0.15, 0.2) is 0 Å². The van der Waals surface area contributed by atoms with Gasteiger partial charge in [0.2, 0.25) is 0 Å². The summed E-state index contributed by atoms with van der Waals surface area (Å²) in [4.78, 5) is 35.0. The number of esters is 1. The van der Waals surface area contributed by atoms with Crippen LogP contribution >= 0.6 is 23.5 Å². The van der Waals surface area contributed by atoms with Crippen LogP contribution in [0.5, 0.6) is 0 Å². The molecule has 2 aliphatic carbocycles. The third-order valence-corrected chi connectivity index (χ3v) is 9.30. The minimum atomic E-state index is -0.600. The van der Waals surface area contributed by atoms with Crippen molar-refractivity contribution in [2.45, 2.75) is 36.2 Å². The van der Waals surface area contributed by atoms with Crippen LogP contribution in [-0.4, -0.2) is 47.1 Å². The van der Waals surface area contributed by atoms with E-state index in [0.717, 1.165) is 12.8 Å². The predicted octanol–water partition coefficient (Wildman–Crippen LogP) is 1.99. The lowest BCUT2D eigenvalue weighted by Crippen LogP contribution is -2.48. The fraction of sp³-hybridized carbons (Fsp3) is 0.812. The molecule has 0 radical (unpaired) electrons. The Morgan fingerprint density at radius 1 is 1.12 bits per heavy atom. The van der Waals surface area contributed by atoms with E-state index in [-0.39, 0.29) is 11.9 Å². The summed E-state index contributed by atoms with van der Waals surface area (Å²) in [5.74, 6) is 2.57. The standard InChI is InChI=1S/C16H24N2O4S2/c1-17-15(21)18-13(19)9-22-14(20)10-7-11-3-2-4-12(8-10)16(11)23-5-6-24-16/h10-12H,2-9H2,1H3,(H2,17,18,19,21)/t10?,11-,12+. The summed E-state index contributed by atoms with van der Waals surface area (Å²) < 4.78 is 5.49. The molecule has 3 atom stereocenters. The molecule has 6 nitrogen and oxygen atoms in total. The normalized spacial score (nSPS) is 30.6. The van der Waals surface area contributed by atoms with Gasteiger partial charge in [-0.2, -0.15) is 0 Å². The van der Waals surface area contributed by atoms with Gasteiger partial charge in [0, 0.05) is 18.6 Å². The molecule has 1 aliphatic heterocycles. The molecular weight excluding hydrogens is 348 g/mol. The average Bonchev–Trinajstić information content (AvgIpc) is 3.01. The topological polar surface area (TPSA) is 84.5 Å². The fourth-order valence-electron chi connectivity index (χ4n) is 4.28. The summed E-state index contributed by atoms with van der Waals surface area (Å²) in [6.07, 6.45) is 5.38. The van der Waals surface area contributed by atoms with Gasteiger partial charge in [-0.05, 0) is 37.5 Å². The number of hydrogen-bond donors (Lipinski definition) is 2. The molecule has 3 amide bonds. The van der Waals surface area contributed by atoms with Gasteiger partial charge in [-0.15, -0.1) is 23.5 Å². The first-order chi connectivity index (χ1) is 11.5. The lowest BCUT2D eigenvalue weighted by atomic mass is 9.67. The number of thioether (sulfide) groups is 2. The van der Waals surface area contributed by atoms with Crippen LogP contribution in [0.25, 0.3) is 0 Å². The molecule has 1 unspecified atom stereocenters. The zero-order chi connectivity index (χ0) is 17.2. The van der Waals surface area contributed by atoms with Crippen molar-refractivity contribution in [1.29, 1.82) is 0 Å². The molecule has 0 aromatic rings. The van der Waals surface area contributed by atoms with Crippen LogP contribution in [0.4, 0.5) is 4.79 Å². The van der Waals surface area contributed by atoms with Gasteiger partial charge in [0.1, 0.15) is 0 Å². The Balaban J connectivity index is 1.54. The second kappa shape index (κ2) is 7.56. The number of ether oxygens (including phenoxy) is 1. The smallest absolute Gasteiger partial charge is 0.321 e. The molecule has 3 fully saturated rings. The third kappa shape index (κ3) is 3.54. The quantitative estimate of drug-likeness (QED) is 0.737. The van der Waals surface area contributed by atoms with Gasteiger partial charge in [-0.3, -0.25) is 14.9 Å². The molecule has 0 aromatic heterocycles.